The van der Waals surface area contributed by atoms with E-state index in [1.807, 2.05) is 0 Å². The molecule has 3 amide bonds. The van der Waals surface area contributed by atoms with E-state index in [0.29, 0.717) is 38.5 Å². The van der Waals surface area contributed by atoms with E-state index in [4.69, 9.17) is 37.4 Å². The van der Waals surface area contributed by atoms with Crippen LogP contribution in [0.15, 0.2) is 71.6 Å². The number of benzene rings is 3. The van der Waals surface area contributed by atoms with Gasteiger partial charge in [0.25, 0.3) is 17.1 Å². The molecule has 1 aliphatic rings. The number of methoxy groups -OCH3 is 1. The SMILES string of the molecule is COc1cc(/C=C2\SC(=O)N(CCOc3ccccc3Cl)C2=O)ccc1OCC(=O)Nc1ccc(Cl)cc1. The number of nitrogens with zero attached hydrogens (tertiary/aromatic N) is 1. The van der Waals surface area contributed by atoms with Crippen molar-refractivity contribution in [3.8, 4) is 17.2 Å². The highest BCUT2D eigenvalue weighted by Gasteiger charge is 2.34. The third kappa shape index (κ3) is 7.00. The minimum absolute atomic E-state index is 0.0847. The molecule has 1 N–H and O–H groups in total. The molecule has 4 rings (SSSR count). The minimum atomic E-state index is -0.416. The van der Waals surface area contributed by atoms with E-state index in [2.05, 4.69) is 5.32 Å². The summed E-state index contributed by atoms with van der Waals surface area (Å²) >= 11 is 12.8. The molecule has 0 saturated carbocycles. The van der Waals surface area contributed by atoms with Crippen molar-refractivity contribution in [2.24, 2.45) is 0 Å². The lowest BCUT2D eigenvalue weighted by atomic mass is 10.2. The molecule has 0 spiro atoms. The fourth-order valence-corrected chi connectivity index (χ4v) is 4.60. The quantitative estimate of drug-likeness (QED) is 0.292. The van der Waals surface area contributed by atoms with Crippen LogP contribution in [0, 0.1) is 0 Å². The summed E-state index contributed by atoms with van der Waals surface area (Å²) in [5, 5.41) is 3.34. The van der Waals surface area contributed by atoms with Gasteiger partial charge in [-0.1, -0.05) is 41.4 Å². The molecule has 3 aromatic rings. The summed E-state index contributed by atoms with van der Waals surface area (Å²) in [4.78, 5) is 38.9. The highest BCUT2D eigenvalue weighted by Crippen LogP contribution is 2.34. The second kappa shape index (κ2) is 12.7. The molecule has 0 aliphatic carbocycles. The molecule has 1 fully saturated rings. The van der Waals surface area contributed by atoms with Gasteiger partial charge >= 0.3 is 0 Å². The molecule has 3 aromatic carbocycles. The molecular weight excluding hydrogens is 551 g/mol. The van der Waals surface area contributed by atoms with Crippen molar-refractivity contribution in [3.05, 3.63) is 87.2 Å². The standard InChI is InChI=1S/C27H22Cl2N2O6S/c1-35-23-14-17(6-11-22(23)37-16-25(32)30-19-9-7-18(28)8-10-19)15-24-26(33)31(27(34)38-24)12-13-36-21-5-3-2-4-20(21)29/h2-11,14-15H,12-13,16H2,1H3,(H,30,32)/b24-15-. The second-order valence-electron chi connectivity index (χ2n) is 7.87. The first-order valence-corrected chi connectivity index (χ1v) is 12.9. The Morgan fingerprint density at radius 3 is 2.47 bits per heavy atom. The van der Waals surface area contributed by atoms with E-state index in [-0.39, 0.29) is 35.8 Å². The summed E-state index contributed by atoms with van der Waals surface area (Å²) in [6.07, 6.45) is 1.60. The highest BCUT2D eigenvalue weighted by atomic mass is 35.5. The molecular formula is C27H22Cl2N2O6S. The van der Waals surface area contributed by atoms with Crippen LogP contribution in [-0.2, 0) is 9.59 Å². The van der Waals surface area contributed by atoms with E-state index in [9.17, 15) is 14.4 Å². The van der Waals surface area contributed by atoms with Crippen LogP contribution in [0.4, 0.5) is 10.5 Å². The first-order chi connectivity index (χ1) is 18.3. The van der Waals surface area contributed by atoms with Crippen LogP contribution in [0.3, 0.4) is 0 Å². The van der Waals surface area contributed by atoms with Crippen molar-refractivity contribution in [2.75, 3.05) is 32.2 Å². The van der Waals surface area contributed by atoms with E-state index in [1.165, 1.54) is 7.11 Å². The number of carbonyl (C=O) groups is 3. The Morgan fingerprint density at radius 1 is 0.974 bits per heavy atom. The highest BCUT2D eigenvalue weighted by molar-refractivity contribution is 8.18. The zero-order chi connectivity index (χ0) is 27.1. The average molecular weight is 573 g/mol. The topological polar surface area (TPSA) is 94.2 Å². The van der Waals surface area contributed by atoms with Gasteiger partial charge in [-0.05, 0) is 71.9 Å². The van der Waals surface area contributed by atoms with Gasteiger partial charge in [0.15, 0.2) is 18.1 Å². The van der Waals surface area contributed by atoms with Crippen molar-refractivity contribution in [3.63, 3.8) is 0 Å². The summed E-state index contributed by atoms with van der Waals surface area (Å²) in [7, 11) is 1.46. The lowest BCUT2D eigenvalue weighted by Gasteiger charge is -2.14. The third-order valence-electron chi connectivity index (χ3n) is 5.25. The van der Waals surface area contributed by atoms with Crippen LogP contribution in [0.5, 0.6) is 17.2 Å². The molecule has 1 heterocycles. The van der Waals surface area contributed by atoms with E-state index in [0.717, 1.165) is 16.7 Å². The predicted molar refractivity (Wildman–Crippen MR) is 148 cm³/mol. The maximum atomic E-state index is 12.8. The van der Waals surface area contributed by atoms with Gasteiger partial charge in [0.2, 0.25) is 0 Å². The summed E-state index contributed by atoms with van der Waals surface area (Å²) in [5.74, 6) is 0.422. The maximum absolute atomic E-state index is 12.8. The predicted octanol–water partition coefficient (Wildman–Crippen LogP) is 6.13. The number of carbonyl (C=O) groups excluding carboxylic acids is 3. The number of thioether (sulfide) groups is 1. The lowest BCUT2D eigenvalue weighted by molar-refractivity contribution is -0.123. The molecule has 1 saturated heterocycles. The lowest BCUT2D eigenvalue weighted by Crippen LogP contribution is -2.32. The second-order valence-corrected chi connectivity index (χ2v) is 9.70. The summed E-state index contributed by atoms with van der Waals surface area (Å²) < 4.78 is 16.6. The Labute approximate surface area is 233 Å². The molecule has 0 radical (unpaired) electrons. The van der Waals surface area contributed by atoms with Crippen LogP contribution >= 0.6 is 35.0 Å². The van der Waals surface area contributed by atoms with Gasteiger partial charge in [0.05, 0.1) is 23.6 Å². The van der Waals surface area contributed by atoms with E-state index >= 15 is 0 Å². The molecule has 38 heavy (non-hydrogen) atoms. The van der Waals surface area contributed by atoms with Gasteiger partial charge in [-0.2, -0.15) is 0 Å². The number of hydrogen-bond donors (Lipinski definition) is 1. The van der Waals surface area contributed by atoms with Crippen molar-refractivity contribution < 1.29 is 28.6 Å². The number of amides is 3. The largest absolute Gasteiger partial charge is 0.493 e. The zero-order valence-corrected chi connectivity index (χ0v) is 22.4. The first kappa shape index (κ1) is 27.4. The molecule has 0 unspecified atom stereocenters. The normalized spacial score (nSPS) is 14.1. The van der Waals surface area contributed by atoms with E-state index < -0.39 is 5.91 Å². The zero-order valence-electron chi connectivity index (χ0n) is 20.1. The van der Waals surface area contributed by atoms with Crippen LogP contribution < -0.4 is 19.5 Å². The van der Waals surface area contributed by atoms with Crippen LogP contribution in [0.1, 0.15) is 5.56 Å². The Hall–Kier alpha value is -3.66. The monoisotopic (exact) mass is 572 g/mol. The maximum Gasteiger partial charge on any atom is 0.293 e. The molecule has 0 atom stereocenters. The first-order valence-electron chi connectivity index (χ1n) is 11.3. The minimum Gasteiger partial charge on any atom is -0.493 e. The molecule has 0 aromatic heterocycles. The Kier molecular flexibility index (Phi) is 9.17. The molecule has 8 nitrogen and oxygen atoms in total. The van der Waals surface area contributed by atoms with Gasteiger partial charge < -0.3 is 19.5 Å². The number of imide groups is 1. The fraction of sp³-hybridized carbons (Fsp3) is 0.148. The van der Waals surface area contributed by atoms with Gasteiger partial charge in [-0.3, -0.25) is 19.3 Å². The van der Waals surface area contributed by atoms with Crippen molar-refractivity contribution in [1.82, 2.24) is 4.90 Å². The molecule has 196 valence electrons. The van der Waals surface area contributed by atoms with Crippen LogP contribution in [-0.4, -0.2) is 48.8 Å². The number of para-hydroxylation sites is 1. The number of rotatable bonds is 10. The molecule has 11 heteroatoms. The number of ether oxygens (including phenoxy) is 3. The van der Waals surface area contributed by atoms with Gasteiger partial charge in [0.1, 0.15) is 12.4 Å². The summed E-state index contributed by atoms with van der Waals surface area (Å²) in [5.41, 5.74) is 1.22. The molecule has 1 aliphatic heterocycles. The van der Waals surface area contributed by atoms with Crippen molar-refractivity contribution in [1.29, 1.82) is 0 Å². The average Bonchev–Trinajstić information content (AvgIpc) is 3.17. The Morgan fingerprint density at radius 2 is 1.74 bits per heavy atom. The van der Waals surface area contributed by atoms with Gasteiger partial charge in [-0.25, -0.2) is 0 Å². The van der Waals surface area contributed by atoms with Crippen molar-refractivity contribution >= 4 is 63.8 Å². The number of anilines is 1. The Balaban J connectivity index is 1.35. The number of hydrogen-bond acceptors (Lipinski definition) is 7. The van der Waals surface area contributed by atoms with Gasteiger partial charge in [0, 0.05) is 10.7 Å². The summed E-state index contributed by atoms with van der Waals surface area (Å²) in [6.45, 7) is -0.0462. The van der Waals surface area contributed by atoms with E-state index in [1.54, 1.807) is 72.8 Å². The number of nitrogens with one attached hydrogen (secondary N) is 1. The Bertz CT molecular complexity index is 1380. The molecule has 0 bridgehead atoms. The number of halogens is 2. The van der Waals surface area contributed by atoms with Crippen LogP contribution in [0.2, 0.25) is 10.0 Å². The third-order valence-corrected chi connectivity index (χ3v) is 6.73. The van der Waals surface area contributed by atoms with Crippen molar-refractivity contribution in [2.45, 2.75) is 0 Å². The smallest absolute Gasteiger partial charge is 0.293 e. The van der Waals surface area contributed by atoms with Gasteiger partial charge in [-0.15, -0.1) is 0 Å². The fourth-order valence-electron chi connectivity index (χ4n) is 3.42. The van der Waals surface area contributed by atoms with Crippen LogP contribution in [0.25, 0.3) is 6.08 Å². The summed E-state index contributed by atoms with van der Waals surface area (Å²) in [6, 6.07) is 18.7.